The third kappa shape index (κ3) is 4.72. The Morgan fingerprint density at radius 1 is 0.935 bits per heavy atom. The van der Waals surface area contributed by atoms with Gasteiger partial charge in [-0.2, -0.15) is 5.10 Å². The van der Waals surface area contributed by atoms with Crippen molar-refractivity contribution in [2.45, 2.75) is 13.0 Å². The number of aromatic nitrogens is 3. The average Bonchev–Trinajstić information content (AvgIpc) is 3.24. The Bertz CT molecular complexity index is 1140. The number of anilines is 3. The largest absolute Gasteiger partial charge is 0.343 e. The number of hydrogen-bond acceptors (Lipinski definition) is 4. The summed E-state index contributed by atoms with van der Waals surface area (Å²) in [4.78, 5) is 19.4. The van der Waals surface area contributed by atoms with Gasteiger partial charge in [-0.3, -0.25) is 5.10 Å². The van der Waals surface area contributed by atoms with Crippen LogP contribution in [0.5, 0.6) is 0 Å². The molecule has 0 fully saturated rings. The quantitative estimate of drug-likeness (QED) is 0.425. The van der Waals surface area contributed by atoms with Gasteiger partial charge in [-0.25, -0.2) is 9.78 Å². The van der Waals surface area contributed by atoms with Gasteiger partial charge in [0.25, 0.3) is 0 Å². The van der Waals surface area contributed by atoms with E-state index in [9.17, 15) is 4.79 Å². The molecule has 156 valence electrons. The van der Waals surface area contributed by atoms with Crippen LogP contribution in [0.3, 0.4) is 0 Å². The first kappa shape index (κ1) is 20.2. The Labute approximate surface area is 181 Å². The molecule has 4 rings (SSSR count). The van der Waals surface area contributed by atoms with Gasteiger partial charge in [-0.05, 0) is 36.8 Å². The zero-order valence-corrected chi connectivity index (χ0v) is 17.4. The van der Waals surface area contributed by atoms with Crippen LogP contribution >= 0.6 is 0 Å². The van der Waals surface area contributed by atoms with E-state index in [1.807, 2.05) is 104 Å². The van der Waals surface area contributed by atoms with Gasteiger partial charge in [0, 0.05) is 12.7 Å². The second-order valence-corrected chi connectivity index (χ2v) is 7.13. The first-order valence-corrected chi connectivity index (χ1v) is 10.0. The number of hydrogen-bond donors (Lipinski definition) is 3. The maximum absolute atomic E-state index is 13.0. The van der Waals surface area contributed by atoms with Crippen LogP contribution in [0.2, 0.25) is 0 Å². The van der Waals surface area contributed by atoms with Crippen LogP contribution in [0, 0.1) is 6.92 Å². The van der Waals surface area contributed by atoms with Crippen LogP contribution in [-0.4, -0.2) is 28.3 Å². The minimum Gasteiger partial charge on any atom is -0.343 e. The van der Waals surface area contributed by atoms with Gasteiger partial charge >= 0.3 is 6.03 Å². The molecule has 1 atom stereocenters. The summed E-state index contributed by atoms with van der Waals surface area (Å²) < 4.78 is 0. The highest BCUT2D eigenvalue weighted by Crippen LogP contribution is 2.30. The van der Waals surface area contributed by atoms with Gasteiger partial charge < -0.3 is 15.5 Å². The van der Waals surface area contributed by atoms with Crippen LogP contribution in [0.1, 0.15) is 23.3 Å². The number of amides is 2. The summed E-state index contributed by atoms with van der Waals surface area (Å²) in [7, 11) is 1.97. The van der Waals surface area contributed by atoms with Gasteiger partial charge in [0.2, 0.25) is 0 Å². The molecule has 7 heteroatoms. The molecule has 0 radical (unpaired) electrons. The molecule has 1 heterocycles. The van der Waals surface area contributed by atoms with Crippen molar-refractivity contribution in [2.24, 2.45) is 0 Å². The zero-order chi connectivity index (χ0) is 21.6. The predicted molar refractivity (Wildman–Crippen MR) is 123 cm³/mol. The lowest BCUT2D eigenvalue weighted by Gasteiger charge is -2.23. The van der Waals surface area contributed by atoms with E-state index in [-0.39, 0.29) is 6.03 Å². The van der Waals surface area contributed by atoms with Crippen molar-refractivity contribution in [3.63, 3.8) is 0 Å². The van der Waals surface area contributed by atoms with Gasteiger partial charge in [-0.15, -0.1) is 0 Å². The van der Waals surface area contributed by atoms with E-state index in [4.69, 9.17) is 0 Å². The fraction of sp³-hybridized carbons (Fsp3) is 0.125. The monoisotopic (exact) mass is 412 g/mol. The highest BCUT2D eigenvalue weighted by molar-refractivity contribution is 5.94. The molecular formula is C24H24N6O. The summed E-state index contributed by atoms with van der Waals surface area (Å²) in [5.74, 6) is 1.20. The third-order valence-electron chi connectivity index (χ3n) is 4.94. The molecule has 0 aliphatic rings. The van der Waals surface area contributed by atoms with Gasteiger partial charge in [0.15, 0.2) is 5.82 Å². The maximum atomic E-state index is 13.0. The Hall–Kier alpha value is -4.13. The van der Waals surface area contributed by atoms with Crippen molar-refractivity contribution in [1.29, 1.82) is 0 Å². The number of nitrogens with zero attached hydrogens (tertiary/aromatic N) is 3. The number of aryl methyl sites for hydroxylation is 1. The summed E-state index contributed by atoms with van der Waals surface area (Å²) in [5, 5.41) is 13.1. The predicted octanol–water partition coefficient (Wildman–Crippen LogP) is 4.79. The SMILES string of the molecule is Cc1nc(C(NC(=O)Nc2ccccc2N(C)c2ccccc2)c2ccccc2)n[nH]1. The number of nitrogens with one attached hydrogen (secondary N) is 3. The van der Waals surface area contributed by atoms with Crippen LogP contribution in [0.15, 0.2) is 84.9 Å². The Kier molecular flexibility index (Phi) is 5.93. The average molecular weight is 412 g/mol. The number of H-pyrrole nitrogens is 1. The van der Waals surface area contributed by atoms with Crippen LogP contribution in [-0.2, 0) is 0 Å². The topological polar surface area (TPSA) is 85.9 Å². The molecule has 1 unspecified atom stereocenters. The molecule has 3 aromatic carbocycles. The highest BCUT2D eigenvalue weighted by atomic mass is 16.2. The van der Waals surface area contributed by atoms with E-state index in [2.05, 4.69) is 25.8 Å². The van der Waals surface area contributed by atoms with E-state index in [0.717, 1.165) is 16.9 Å². The molecule has 0 aliphatic heterocycles. The minimum absolute atomic E-state index is 0.342. The summed E-state index contributed by atoms with van der Waals surface area (Å²) in [6.45, 7) is 1.83. The molecule has 0 saturated heterocycles. The number of rotatable bonds is 6. The van der Waals surface area contributed by atoms with Gasteiger partial charge in [-0.1, -0.05) is 60.7 Å². The van der Waals surface area contributed by atoms with Crippen molar-refractivity contribution >= 4 is 23.1 Å². The summed E-state index contributed by atoms with van der Waals surface area (Å²) in [5.41, 5.74) is 3.50. The van der Waals surface area contributed by atoms with Gasteiger partial charge in [0.1, 0.15) is 11.9 Å². The first-order chi connectivity index (χ1) is 15.1. The van der Waals surface area contributed by atoms with Crippen molar-refractivity contribution in [2.75, 3.05) is 17.3 Å². The second kappa shape index (κ2) is 9.13. The number of carbonyl (C=O) groups excluding carboxylic acids is 1. The minimum atomic E-state index is -0.481. The Balaban J connectivity index is 1.57. The third-order valence-corrected chi connectivity index (χ3v) is 4.94. The molecule has 0 bridgehead atoms. The molecule has 1 aromatic heterocycles. The van der Waals surface area contributed by atoms with Crippen LogP contribution < -0.4 is 15.5 Å². The maximum Gasteiger partial charge on any atom is 0.320 e. The number of para-hydroxylation sites is 3. The smallest absolute Gasteiger partial charge is 0.320 e. The lowest BCUT2D eigenvalue weighted by molar-refractivity contribution is 0.249. The number of aromatic amines is 1. The molecule has 31 heavy (non-hydrogen) atoms. The number of urea groups is 1. The molecular weight excluding hydrogens is 388 g/mol. The van der Waals surface area contributed by atoms with E-state index < -0.39 is 6.04 Å². The van der Waals surface area contributed by atoms with Crippen molar-refractivity contribution < 1.29 is 4.79 Å². The molecule has 7 nitrogen and oxygen atoms in total. The highest BCUT2D eigenvalue weighted by Gasteiger charge is 2.21. The summed E-state index contributed by atoms with van der Waals surface area (Å²) in [6.07, 6.45) is 0. The lowest BCUT2D eigenvalue weighted by Crippen LogP contribution is -2.34. The molecule has 4 aromatic rings. The lowest BCUT2D eigenvalue weighted by atomic mass is 10.1. The van der Waals surface area contributed by atoms with E-state index in [1.54, 1.807) is 0 Å². The van der Waals surface area contributed by atoms with Crippen molar-refractivity contribution in [3.05, 3.63) is 102 Å². The molecule has 0 saturated carbocycles. The van der Waals surface area contributed by atoms with Crippen LogP contribution in [0.25, 0.3) is 0 Å². The summed E-state index contributed by atoms with van der Waals surface area (Å²) >= 11 is 0. The standard InChI is InChI=1S/C24H24N6O/c1-17-25-23(29-28-17)22(18-11-5-3-6-12-18)27-24(31)26-20-15-9-10-16-21(20)30(2)19-13-7-4-8-14-19/h3-16,22H,1-2H3,(H,25,28,29)(H2,26,27,31). The van der Waals surface area contributed by atoms with E-state index in [1.165, 1.54) is 0 Å². The fourth-order valence-corrected chi connectivity index (χ4v) is 3.38. The van der Waals surface area contributed by atoms with Crippen LogP contribution in [0.4, 0.5) is 21.9 Å². The molecule has 0 spiro atoms. The molecule has 3 N–H and O–H groups in total. The molecule has 2 amide bonds. The van der Waals surface area contributed by atoms with Crippen molar-refractivity contribution in [3.8, 4) is 0 Å². The zero-order valence-electron chi connectivity index (χ0n) is 17.4. The van der Waals surface area contributed by atoms with Gasteiger partial charge in [0.05, 0.1) is 11.4 Å². The normalized spacial score (nSPS) is 11.5. The Morgan fingerprint density at radius 2 is 1.58 bits per heavy atom. The second-order valence-electron chi connectivity index (χ2n) is 7.13. The summed E-state index contributed by atoms with van der Waals surface area (Å²) in [6, 6.07) is 26.5. The number of carbonyl (C=O) groups is 1. The first-order valence-electron chi connectivity index (χ1n) is 10.0. The fourth-order valence-electron chi connectivity index (χ4n) is 3.38. The van der Waals surface area contributed by atoms with E-state index in [0.29, 0.717) is 17.3 Å². The van der Waals surface area contributed by atoms with E-state index >= 15 is 0 Å². The molecule has 0 aliphatic carbocycles. The Morgan fingerprint density at radius 3 is 2.26 bits per heavy atom. The van der Waals surface area contributed by atoms with Crippen molar-refractivity contribution in [1.82, 2.24) is 20.5 Å². The number of benzene rings is 3.